The van der Waals surface area contributed by atoms with Gasteiger partial charge in [0, 0.05) is 30.1 Å². The fourth-order valence-corrected chi connectivity index (χ4v) is 9.68. The molecular weight excluding hydrogens is 480 g/mol. The van der Waals surface area contributed by atoms with Crippen LogP contribution in [0.5, 0.6) is 11.5 Å². The first kappa shape index (κ1) is 22.2. The first-order valence-electron chi connectivity index (χ1n) is 14.4. The van der Waals surface area contributed by atoms with Crippen LogP contribution in [0.15, 0.2) is 42.5 Å². The second-order valence-electron chi connectivity index (χ2n) is 12.6. The molecule has 1 spiro atoms. The number of benzene rings is 2. The number of likely N-dealkylation sites (tertiary alicyclic amines) is 2. The minimum atomic E-state index is -0.740. The van der Waals surface area contributed by atoms with Crippen molar-refractivity contribution >= 4 is 5.91 Å². The molecule has 6 atom stereocenters. The van der Waals surface area contributed by atoms with Crippen LogP contribution in [0.3, 0.4) is 0 Å². The molecule has 0 N–H and O–H groups in total. The molecule has 9 rings (SSSR count). The maximum absolute atomic E-state index is 14.3. The van der Waals surface area contributed by atoms with E-state index < -0.39 is 17.4 Å². The molecule has 2 aromatic carbocycles. The number of methoxy groups -OCH3 is 1. The summed E-state index contributed by atoms with van der Waals surface area (Å²) >= 11 is 0. The monoisotopic (exact) mass is 514 g/mol. The van der Waals surface area contributed by atoms with E-state index >= 15 is 0 Å². The minimum Gasteiger partial charge on any atom is -0.493 e. The van der Waals surface area contributed by atoms with Crippen LogP contribution in [-0.4, -0.2) is 66.2 Å². The van der Waals surface area contributed by atoms with Gasteiger partial charge in [0.15, 0.2) is 24.0 Å². The van der Waals surface area contributed by atoms with Crippen LogP contribution in [0.25, 0.3) is 0 Å². The van der Waals surface area contributed by atoms with E-state index in [1.807, 2.05) is 29.2 Å². The van der Waals surface area contributed by atoms with Crippen molar-refractivity contribution in [3.8, 4) is 11.5 Å². The molecule has 5 bridgehead atoms. The SMILES string of the molecule is COc1ccc2c3c1OCOC14CCC56O[C@H](C(=O)N1Cc1ccccc1)C4C35CCN(CC1CC1)C6C2. The first-order chi connectivity index (χ1) is 18.6. The fourth-order valence-electron chi connectivity index (χ4n) is 9.68. The second-order valence-corrected chi connectivity index (χ2v) is 12.6. The van der Waals surface area contributed by atoms with E-state index in [1.54, 1.807) is 7.11 Å². The zero-order valence-electron chi connectivity index (χ0n) is 21.9. The molecule has 2 saturated carbocycles. The standard InChI is InChI=1S/C31H34N2O5/c1-35-22-10-9-21-15-23-30-11-12-31-27(26(38-30)28(34)33(31)17-19-5-3-2-4-6-19)29(30,24(21)25(22)36-18-37-31)13-14-32(23)16-20-7-8-20/h2-6,9-10,20,23,26-27H,7-8,11-18H2,1H3/t23?,26-,27?,29?,30?,31?/m0/s1. The van der Waals surface area contributed by atoms with Crippen molar-refractivity contribution in [2.75, 3.05) is 27.0 Å². The number of rotatable bonds is 5. The Morgan fingerprint density at radius 2 is 1.95 bits per heavy atom. The molecule has 3 aliphatic carbocycles. The molecule has 5 unspecified atom stereocenters. The lowest BCUT2D eigenvalue weighted by molar-refractivity contribution is -0.259. The topological polar surface area (TPSA) is 60.5 Å². The lowest BCUT2D eigenvalue weighted by atomic mass is 9.45. The maximum Gasteiger partial charge on any atom is 0.254 e. The van der Waals surface area contributed by atoms with Gasteiger partial charge < -0.3 is 23.8 Å². The first-order valence-corrected chi connectivity index (χ1v) is 14.4. The van der Waals surface area contributed by atoms with Gasteiger partial charge >= 0.3 is 0 Å². The minimum absolute atomic E-state index is 0.0701. The zero-order chi connectivity index (χ0) is 25.3. The summed E-state index contributed by atoms with van der Waals surface area (Å²) in [5.74, 6) is 2.37. The zero-order valence-corrected chi connectivity index (χ0v) is 21.9. The van der Waals surface area contributed by atoms with E-state index in [9.17, 15) is 4.79 Å². The number of amides is 1. The summed E-state index contributed by atoms with van der Waals surface area (Å²) in [6, 6.07) is 14.8. The average Bonchev–Trinajstić information content (AvgIpc) is 3.67. The fraction of sp³-hybridized carbons (Fsp3) is 0.581. The predicted octanol–water partition coefficient (Wildman–Crippen LogP) is 3.63. The summed E-state index contributed by atoms with van der Waals surface area (Å²) in [6.45, 7) is 2.78. The number of carbonyl (C=O) groups excluding carboxylic acids is 1. The smallest absolute Gasteiger partial charge is 0.254 e. The van der Waals surface area contributed by atoms with Gasteiger partial charge in [0.2, 0.25) is 0 Å². The highest BCUT2D eigenvalue weighted by molar-refractivity contribution is 5.87. The predicted molar refractivity (Wildman–Crippen MR) is 138 cm³/mol. The molecule has 7 heteroatoms. The molecule has 1 amide bonds. The largest absolute Gasteiger partial charge is 0.493 e. The van der Waals surface area contributed by atoms with Crippen LogP contribution in [0.2, 0.25) is 0 Å². The Kier molecular flexibility index (Phi) is 4.28. The van der Waals surface area contributed by atoms with Crippen molar-refractivity contribution in [2.45, 2.75) is 74.0 Å². The summed E-state index contributed by atoms with van der Waals surface area (Å²) in [5.41, 5.74) is 2.19. The van der Waals surface area contributed by atoms with Crippen LogP contribution < -0.4 is 9.47 Å². The van der Waals surface area contributed by atoms with E-state index in [-0.39, 0.29) is 30.1 Å². The van der Waals surface area contributed by atoms with Crippen LogP contribution in [-0.2, 0) is 32.6 Å². The van der Waals surface area contributed by atoms with E-state index in [0.29, 0.717) is 6.54 Å². The van der Waals surface area contributed by atoms with Crippen LogP contribution in [0.4, 0.5) is 0 Å². The van der Waals surface area contributed by atoms with Gasteiger partial charge in [-0.25, -0.2) is 0 Å². The van der Waals surface area contributed by atoms with Crippen LogP contribution in [0.1, 0.15) is 48.8 Å². The van der Waals surface area contributed by atoms with Crippen molar-refractivity contribution in [3.05, 3.63) is 59.2 Å². The molecule has 3 saturated heterocycles. The molecule has 4 aliphatic heterocycles. The molecule has 0 aromatic heterocycles. The van der Waals surface area contributed by atoms with Gasteiger partial charge in [-0.2, -0.15) is 0 Å². The molecule has 38 heavy (non-hydrogen) atoms. The summed E-state index contributed by atoms with van der Waals surface area (Å²) in [7, 11) is 1.71. The molecular formula is C31H34N2O5. The van der Waals surface area contributed by atoms with Gasteiger partial charge in [0.1, 0.15) is 6.10 Å². The lowest BCUT2D eigenvalue weighted by Gasteiger charge is -2.67. The second kappa shape index (κ2) is 7.32. The Balaban J connectivity index is 1.27. The van der Waals surface area contributed by atoms with Gasteiger partial charge in [-0.05, 0) is 68.2 Å². The average molecular weight is 515 g/mol. The molecule has 7 nitrogen and oxygen atoms in total. The van der Waals surface area contributed by atoms with E-state index in [4.69, 9.17) is 18.9 Å². The van der Waals surface area contributed by atoms with E-state index in [2.05, 4.69) is 23.1 Å². The third kappa shape index (κ3) is 2.46. The number of nitrogens with zero attached hydrogens (tertiary/aromatic N) is 2. The number of piperidine rings is 1. The summed E-state index contributed by atoms with van der Waals surface area (Å²) in [5, 5.41) is 0. The Morgan fingerprint density at radius 1 is 1.08 bits per heavy atom. The number of ether oxygens (including phenoxy) is 4. The maximum atomic E-state index is 14.3. The van der Waals surface area contributed by atoms with E-state index in [0.717, 1.165) is 61.8 Å². The van der Waals surface area contributed by atoms with Crippen molar-refractivity contribution in [2.24, 2.45) is 11.8 Å². The number of hydrogen-bond donors (Lipinski definition) is 0. The Hall–Kier alpha value is -2.61. The Morgan fingerprint density at radius 3 is 2.76 bits per heavy atom. The number of hydrogen-bond acceptors (Lipinski definition) is 6. The highest BCUT2D eigenvalue weighted by Crippen LogP contribution is 2.74. The third-order valence-corrected chi connectivity index (χ3v) is 11.2. The van der Waals surface area contributed by atoms with Crippen molar-refractivity contribution in [1.82, 2.24) is 9.80 Å². The highest BCUT2D eigenvalue weighted by atomic mass is 16.7. The van der Waals surface area contributed by atoms with Crippen molar-refractivity contribution in [3.63, 3.8) is 0 Å². The highest BCUT2D eigenvalue weighted by Gasteiger charge is 2.84. The summed E-state index contributed by atoms with van der Waals surface area (Å²) < 4.78 is 26.4. The van der Waals surface area contributed by atoms with Crippen LogP contribution in [0, 0.1) is 11.8 Å². The van der Waals surface area contributed by atoms with Gasteiger partial charge in [-0.1, -0.05) is 36.4 Å². The summed E-state index contributed by atoms with van der Waals surface area (Å²) in [6.07, 6.45) is 5.73. The third-order valence-electron chi connectivity index (χ3n) is 11.2. The molecule has 7 aliphatic rings. The normalized spacial score (nSPS) is 40.0. The quantitative estimate of drug-likeness (QED) is 0.608. The summed E-state index contributed by atoms with van der Waals surface area (Å²) in [4.78, 5) is 19.1. The Labute approximate surface area is 223 Å². The van der Waals surface area contributed by atoms with Crippen molar-refractivity contribution in [1.29, 1.82) is 0 Å². The molecule has 4 heterocycles. The molecule has 0 radical (unpaired) electrons. The van der Waals surface area contributed by atoms with Gasteiger partial charge in [0.25, 0.3) is 5.91 Å². The molecule has 5 fully saturated rings. The lowest BCUT2D eigenvalue weighted by Crippen LogP contribution is -2.77. The molecule has 198 valence electrons. The van der Waals surface area contributed by atoms with Crippen LogP contribution >= 0.6 is 0 Å². The molecule has 2 aromatic rings. The van der Waals surface area contributed by atoms with Gasteiger partial charge in [-0.3, -0.25) is 9.69 Å². The Bertz CT molecular complexity index is 1350. The van der Waals surface area contributed by atoms with Gasteiger partial charge in [0.05, 0.1) is 18.6 Å². The van der Waals surface area contributed by atoms with Gasteiger partial charge in [-0.15, -0.1) is 0 Å². The number of carbonyl (C=O) groups is 1. The van der Waals surface area contributed by atoms with Crippen molar-refractivity contribution < 1.29 is 23.7 Å². The van der Waals surface area contributed by atoms with E-state index in [1.165, 1.54) is 24.0 Å².